The van der Waals surface area contributed by atoms with Crippen molar-refractivity contribution in [3.63, 3.8) is 0 Å². The molecule has 39 heavy (non-hydrogen) atoms. The highest BCUT2D eigenvalue weighted by atomic mass is 32.1. The van der Waals surface area contributed by atoms with Crippen molar-refractivity contribution in [3.05, 3.63) is 94.9 Å². The minimum Gasteiger partial charge on any atom is -0.496 e. The number of amides is 1. The molecule has 0 aliphatic heterocycles. The van der Waals surface area contributed by atoms with Crippen molar-refractivity contribution in [2.24, 2.45) is 0 Å². The van der Waals surface area contributed by atoms with Gasteiger partial charge in [0.05, 0.1) is 23.1 Å². The molecule has 1 aliphatic carbocycles. The standard InChI is InChI=1S/C30H25F2NO5S/c1-17(19-4-3-5-22(31)14-19)38-29(36)33-24-16-26(32)39-27(24)20-8-11-23(25(15-20)37-2)18-6-9-21(10-7-18)30(12-13-30)28(34)35/h3-11,14-17H,12-13H2,1-2H3,(H,33,36)(H,34,35)/t17-/m1/s1. The smallest absolute Gasteiger partial charge is 0.412 e. The van der Waals surface area contributed by atoms with E-state index in [9.17, 15) is 23.5 Å². The van der Waals surface area contributed by atoms with Crippen LogP contribution >= 0.6 is 11.3 Å². The number of carboxylic acids is 1. The number of hydrogen-bond donors (Lipinski definition) is 2. The number of carbonyl (C=O) groups is 2. The second-order valence-corrected chi connectivity index (χ2v) is 10.4. The Balaban J connectivity index is 1.36. The fraction of sp³-hybridized carbons (Fsp3) is 0.200. The Labute approximate surface area is 227 Å². The lowest BCUT2D eigenvalue weighted by molar-refractivity contribution is -0.140. The lowest BCUT2D eigenvalue weighted by atomic mass is 9.93. The van der Waals surface area contributed by atoms with E-state index in [1.807, 2.05) is 30.3 Å². The van der Waals surface area contributed by atoms with E-state index in [1.165, 1.54) is 31.4 Å². The van der Waals surface area contributed by atoms with E-state index < -0.39 is 34.5 Å². The molecule has 1 saturated carbocycles. The molecule has 2 N–H and O–H groups in total. The predicted molar refractivity (Wildman–Crippen MR) is 145 cm³/mol. The molecule has 200 valence electrons. The van der Waals surface area contributed by atoms with Crippen LogP contribution in [0.5, 0.6) is 5.75 Å². The highest BCUT2D eigenvalue weighted by Gasteiger charge is 2.51. The summed E-state index contributed by atoms with van der Waals surface area (Å²) in [4.78, 5) is 24.7. The van der Waals surface area contributed by atoms with Crippen LogP contribution in [-0.4, -0.2) is 24.3 Å². The summed E-state index contributed by atoms with van der Waals surface area (Å²) in [5, 5.41) is 11.7. The van der Waals surface area contributed by atoms with Crippen molar-refractivity contribution >= 4 is 29.1 Å². The van der Waals surface area contributed by atoms with E-state index in [0.717, 1.165) is 28.0 Å². The minimum atomic E-state index is -0.808. The number of hydrogen-bond acceptors (Lipinski definition) is 5. The first kappa shape index (κ1) is 26.4. The van der Waals surface area contributed by atoms with Crippen LogP contribution in [-0.2, 0) is 14.9 Å². The normalized spacial score (nSPS) is 14.4. The van der Waals surface area contributed by atoms with Gasteiger partial charge < -0.3 is 14.6 Å². The molecule has 1 atom stereocenters. The number of benzene rings is 3. The molecule has 5 rings (SSSR count). The number of thiophene rings is 1. The van der Waals surface area contributed by atoms with Gasteiger partial charge in [0, 0.05) is 11.6 Å². The molecule has 0 unspecified atom stereocenters. The Morgan fingerprint density at radius 1 is 1.00 bits per heavy atom. The first-order valence-corrected chi connectivity index (χ1v) is 13.1. The molecule has 1 fully saturated rings. The van der Waals surface area contributed by atoms with Crippen molar-refractivity contribution in [1.29, 1.82) is 0 Å². The molecule has 1 aromatic heterocycles. The van der Waals surface area contributed by atoms with Crippen molar-refractivity contribution < 1.29 is 33.0 Å². The average Bonchev–Trinajstić information content (AvgIpc) is 3.66. The first-order chi connectivity index (χ1) is 18.7. The lowest BCUT2D eigenvalue weighted by Gasteiger charge is -2.15. The van der Waals surface area contributed by atoms with E-state index in [4.69, 9.17) is 9.47 Å². The zero-order chi connectivity index (χ0) is 27.7. The number of nitrogens with one attached hydrogen (secondary N) is 1. The predicted octanol–water partition coefficient (Wildman–Crippen LogP) is 7.79. The molecule has 1 heterocycles. The monoisotopic (exact) mass is 549 g/mol. The number of aliphatic carboxylic acids is 1. The molecule has 1 amide bonds. The summed E-state index contributed by atoms with van der Waals surface area (Å²) in [6, 6.07) is 19.7. The van der Waals surface area contributed by atoms with Gasteiger partial charge in [-0.2, -0.15) is 4.39 Å². The van der Waals surface area contributed by atoms with Gasteiger partial charge in [-0.3, -0.25) is 10.1 Å². The average molecular weight is 550 g/mol. The molecule has 0 bridgehead atoms. The van der Waals surface area contributed by atoms with Gasteiger partial charge in [0.15, 0.2) is 5.13 Å². The summed E-state index contributed by atoms with van der Waals surface area (Å²) in [6.45, 7) is 1.62. The van der Waals surface area contributed by atoms with Gasteiger partial charge in [-0.1, -0.05) is 48.5 Å². The van der Waals surface area contributed by atoms with Crippen LogP contribution in [0.1, 0.15) is 37.0 Å². The van der Waals surface area contributed by atoms with Crippen molar-refractivity contribution in [1.82, 2.24) is 0 Å². The zero-order valence-electron chi connectivity index (χ0n) is 21.2. The Morgan fingerprint density at radius 3 is 2.36 bits per heavy atom. The number of carboxylic acid groups (broad SMARTS) is 1. The molecule has 3 aromatic carbocycles. The van der Waals surface area contributed by atoms with Crippen LogP contribution in [0.2, 0.25) is 0 Å². The Kier molecular flexibility index (Phi) is 7.10. The number of ether oxygens (including phenoxy) is 2. The van der Waals surface area contributed by atoms with E-state index >= 15 is 0 Å². The van der Waals surface area contributed by atoms with Crippen LogP contribution < -0.4 is 10.1 Å². The lowest BCUT2D eigenvalue weighted by Crippen LogP contribution is -2.19. The number of carbonyl (C=O) groups excluding carboxylic acids is 1. The fourth-order valence-electron chi connectivity index (χ4n) is 4.59. The number of halogens is 2. The second kappa shape index (κ2) is 10.5. The van der Waals surface area contributed by atoms with Crippen LogP contribution in [0.3, 0.4) is 0 Å². The van der Waals surface area contributed by atoms with Crippen molar-refractivity contribution in [2.75, 3.05) is 12.4 Å². The maximum atomic E-state index is 14.3. The molecule has 6 nitrogen and oxygen atoms in total. The fourth-order valence-corrected chi connectivity index (χ4v) is 5.42. The molecule has 9 heteroatoms. The summed E-state index contributed by atoms with van der Waals surface area (Å²) >= 11 is 0.864. The van der Waals surface area contributed by atoms with E-state index in [1.54, 1.807) is 25.1 Å². The summed E-state index contributed by atoms with van der Waals surface area (Å²) in [7, 11) is 1.53. The Hall–Kier alpha value is -4.24. The molecule has 0 radical (unpaired) electrons. The summed E-state index contributed by atoms with van der Waals surface area (Å²) < 4.78 is 38.8. The van der Waals surface area contributed by atoms with E-state index in [-0.39, 0.29) is 5.69 Å². The van der Waals surface area contributed by atoms with E-state index in [2.05, 4.69) is 5.32 Å². The van der Waals surface area contributed by atoms with Crippen LogP contribution in [0.25, 0.3) is 21.6 Å². The molecular formula is C30H25F2NO5S. The molecule has 4 aromatic rings. The maximum Gasteiger partial charge on any atom is 0.412 e. The maximum absolute atomic E-state index is 14.3. The Morgan fingerprint density at radius 2 is 1.72 bits per heavy atom. The van der Waals surface area contributed by atoms with Gasteiger partial charge in [-0.25, -0.2) is 9.18 Å². The second-order valence-electron chi connectivity index (χ2n) is 9.40. The van der Waals surface area contributed by atoms with Crippen LogP contribution in [0.15, 0.2) is 72.8 Å². The van der Waals surface area contributed by atoms with Crippen LogP contribution in [0, 0.1) is 10.9 Å². The SMILES string of the molecule is COc1cc(-c2sc(F)cc2NC(=O)O[C@H](C)c2cccc(F)c2)ccc1-c1ccc(C2(C(=O)O)CC2)cc1. The topological polar surface area (TPSA) is 84.9 Å². The number of anilines is 1. The minimum absolute atomic E-state index is 0.233. The zero-order valence-corrected chi connectivity index (χ0v) is 22.0. The number of rotatable bonds is 8. The van der Waals surface area contributed by atoms with Gasteiger partial charge >= 0.3 is 12.1 Å². The van der Waals surface area contributed by atoms with Gasteiger partial charge in [-0.15, -0.1) is 11.3 Å². The molecule has 1 aliphatic rings. The van der Waals surface area contributed by atoms with Gasteiger partial charge in [0.25, 0.3) is 0 Å². The van der Waals surface area contributed by atoms with E-state index in [0.29, 0.717) is 34.6 Å². The Bertz CT molecular complexity index is 1550. The highest BCUT2D eigenvalue weighted by Crippen LogP contribution is 2.49. The third-order valence-electron chi connectivity index (χ3n) is 6.91. The third kappa shape index (κ3) is 5.35. The largest absolute Gasteiger partial charge is 0.496 e. The highest BCUT2D eigenvalue weighted by molar-refractivity contribution is 7.14. The molecule has 0 spiro atoms. The third-order valence-corrected chi connectivity index (χ3v) is 7.88. The molecular weight excluding hydrogens is 524 g/mol. The van der Waals surface area contributed by atoms with Gasteiger partial charge in [-0.05, 0) is 60.2 Å². The van der Waals surface area contributed by atoms with Crippen molar-refractivity contribution in [2.45, 2.75) is 31.3 Å². The van der Waals surface area contributed by atoms with Crippen LogP contribution in [0.4, 0.5) is 19.3 Å². The summed E-state index contributed by atoms with van der Waals surface area (Å²) in [5.41, 5.74) is 2.96. The van der Waals surface area contributed by atoms with Crippen molar-refractivity contribution in [3.8, 4) is 27.3 Å². The summed E-state index contributed by atoms with van der Waals surface area (Å²) in [6.07, 6.45) is -0.261. The quantitative estimate of drug-likeness (QED) is 0.234. The van der Waals surface area contributed by atoms with Gasteiger partial charge in [0.2, 0.25) is 0 Å². The molecule has 0 saturated heterocycles. The first-order valence-electron chi connectivity index (χ1n) is 12.3. The van der Waals surface area contributed by atoms with Gasteiger partial charge in [0.1, 0.15) is 17.7 Å². The summed E-state index contributed by atoms with van der Waals surface area (Å²) in [5.74, 6) is -0.718. The number of methoxy groups -OCH3 is 1.